The van der Waals surface area contributed by atoms with Gasteiger partial charge in [0.15, 0.2) is 6.10 Å². The highest BCUT2D eigenvalue weighted by atomic mass is 16.6. The fraction of sp³-hybridized carbons (Fsp3) is 0.638. The number of carbonyl (C=O) groups excluding carboxylic acids is 3. The van der Waals surface area contributed by atoms with Gasteiger partial charge in [0.2, 0.25) is 0 Å². The zero-order chi connectivity index (χ0) is 54.3. The fourth-order valence-electron chi connectivity index (χ4n) is 8.12. The van der Waals surface area contributed by atoms with Crippen molar-refractivity contribution in [1.82, 2.24) is 0 Å². The molecule has 0 aliphatic carbocycles. The van der Waals surface area contributed by atoms with Crippen LogP contribution in [0.1, 0.15) is 265 Å². The monoisotopic (exact) mass is 1040 g/mol. The summed E-state index contributed by atoms with van der Waals surface area (Å²) in [6.45, 7) is 6.37. The van der Waals surface area contributed by atoms with Crippen molar-refractivity contribution in [3.8, 4) is 0 Å². The van der Waals surface area contributed by atoms with Crippen LogP contribution in [-0.4, -0.2) is 37.2 Å². The van der Waals surface area contributed by atoms with Crippen molar-refractivity contribution in [2.75, 3.05) is 13.2 Å². The van der Waals surface area contributed by atoms with E-state index in [9.17, 15) is 14.4 Å². The quantitative estimate of drug-likeness (QED) is 0.0261. The van der Waals surface area contributed by atoms with Crippen molar-refractivity contribution in [2.24, 2.45) is 0 Å². The SMILES string of the molecule is CC/C=C\C/C=C\C/C=C\C/C=C\C/C=C\C/C=C\C/C=C\C/C=C\CCCCC(=O)OCC(COC(=O)CCCCCCCCCCCCCCCCC)OC(=O)CCCCCCC/C=C\C/C=C\C/C=C\CC. The Kier molecular flexibility index (Phi) is 58.4. The molecule has 0 N–H and O–H groups in total. The van der Waals surface area contributed by atoms with Crippen molar-refractivity contribution >= 4 is 17.9 Å². The lowest BCUT2D eigenvalue weighted by atomic mass is 10.0. The molecular formula is C69H112O6. The molecule has 0 amide bonds. The van der Waals surface area contributed by atoms with E-state index in [0.717, 1.165) is 141 Å². The number of esters is 3. The Morgan fingerprint density at radius 3 is 0.840 bits per heavy atom. The molecule has 75 heavy (non-hydrogen) atoms. The van der Waals surface area contributed by atoms with E-state index in [1.54, 1.807) is 0 Å². The van der Waals surface area contributed by atoms with E-state index in [4.69, 9.17) is 14.2 Å². The van der Waals surface area contributed by atoms with Gasteiger partial charge >= 0.3 is 17.9 Å². The third-order valence-corrected chi connectivity index (χ3v) is 12.7. The number of carbonyl (C=O) groups is 3. The number of ether oxygens (including phenoxy) is 3. The first kappa shape index (κ1) is 70.5. The molecular weight excluding hydrogens is 925 g/mol. The number of rotatable bonds is 54. The first-order valence-corrected chi connectivity index (χ1v) is 30.7. The van der Waals surface area contributed by atoms with Gasteiger partial charge in [-0.3, -0.25) is 14.4 Å². The van der Waals surface area contributed by atoms with Crippen LogP contribution in [0.4, 0.5) is 0 Å². The summed E-state index contributed by atoms with van der Waals surface area (Å²) in [5, 5.41) is 0. The van der Waals surface area contributed by atoms with Gasteiger partial charge < -0.3 is 14.2 Å². The Morgan fingerprint density at radius 1 is 0.280 bits per heavy atom. The number of hydrogen-bond donors (Lipinski definition) is 0. The van der Waals surface area contributed by atoms with Crippen LogP contribution in [0.25, 0.3) is 0 Å². The van der Waals surface area contributed by atoms with Crippen LogP contribution >= 0.6 is 0 Å². The molecule has 0 saturated carbocycles. The molecule has 0 radical (unpaired) electrons. The van der Waals surface area contributed by atoms with Crippen LogP contribution in [0, 0.1) is 0 Å². The van der Waals surface area contributed by atoms with E-state index < -0.39 is 6.10 Å². The smallest absolute Gasteiger partial charge is 0.306 e. The van der Waals surface area contributed by atoms with Crippen molar-refractivity contribution in [1.29, 1.82) is 0 Å². The molecule has 0 aliphatic rings. The van der Waals surface area contributed by atoms with Crippen LogP contribution in [0.15, 0.2) is 134 Å². The molecule has 0 bridgehead atoms. The summed E-state index contributed by atoms with van der Waals surface area (Å²) >= 11 is 0. The predicted molar refractivity (Wildman–Crippen MR) is 325 cm³/mol. The topological polar surface area (TPSA) is 78.9 Å². The molecule has 6 nitrogen and oxygen atoms in total. The molecule has 0 aliphatic heterocycles. The summed E-state index contributed by atoms with van der Waals surface area (Å²) in [6.07, 6.45) is 87.4. The molecule has 0 aromatic heterocycles. The van der Waals surface area contributed by atoms with Crippen LogP contribution < -0.4 is 0 Å². The first-order valence-electron chi connectivity index (χ1n) is 30.7. The van der Waals surface area contributed by atoms with E-state index in [1.807, 2.05) is 0 Å². The molecule has 6 heteroatoms. The third kappa shape index (κ3) is 60.3. The molecule has 0 aromatic rings. The van der Waals surface area contributed by atoms with Crippen molar-refractivity contribution < 1.29 is 28.6 Å². The summed E-state index contributed by atoms with van der Waals surface area (Å²) in [4.78, 5) is 38.2. The maximum Gasteiger partial charge on any atom is 0.306 e. The summed E-state index contributed by atoms with van der Waals surface area (Å²) in [6, 6.07) is 0. The fourth-order valence-corrected chi connectivity index (χ4v) is 8.12. The van der Waals surface area contributed by atoms with Crippen molar-refractivity contribution in [3.05, 3.63) is 134 Å². The molecule has 0 heterocycles. The van der Waals surface area contributed by atoms with Gasteiger partial charge in [0.1, 0.15) is 13.2 Å². The van der Waals surface area contributed by atoms with E-state index in [-0.39, 0.29) is 31.1 Å². The zero-order valence-electron chi connectivity index (χ0n) is 48.5. The van der Waals surface area contributed by atoms with E-state index in [0.29, 0.717) is 25.7 Å². The molecule has 0 spiro atoms. The summed E-state index contributed by atoms with van der Waals surface area (Å²) < 4.78 is 16.8. The van der Waals surface area contributed by atoms with Gasteiger partial charge in [-0.2, -0.15) is 0 Å². The highest BCUT2D eigenvalue weighted by Crippen LogP contribution is 2.15. The minimum Gasteiger partial charge on any atom is -0.462 e. The van der Waals surface area contributed by atoms with Gasteiger partial charge in [0.25, 0.3) is 0 Å². The third-order valence-electron chi connectivity index (χ3n) is 12.7. The Labute approximate surface area is 462 Å². The van der Waals surface area contributed by atoms with Gasteiger partial charge in [0, 0.05) is 19.3 Å². The van der Waals surface area contributed by atoms with Crippen LogP contribution in [-0.2, 0) is 28.6 Å². The van der Waals surface area contributed by atoms with E-state index in [1.165, 1.54) is 77.0 Å². The largest absolute Gasteiger partial charge is 0.462 e. The molecule has 0 rings (SSSR count). The van der Waals surface area contributed by atoms with Crippen LogP contribution in [0.3, 0.4) is 0 Å². The second-order valence-corrected chi connectivity index (χ2v) is 19.9. The average Bonchev–Trinajstić information content (AvgIpc) is 3.41. The number of hydrogen-bond acceptors (Lipinski definition) is 6. The second kappa shape index (κ2) is 62.1. The minimum atomic E-state index is -0.809. The van der Waals surface area contributed by atoms with Crippen LogP contribution in [0.5, 0.6) is 0 Å². The van der Waals surface area contributed by atoms with Crippen molar-refractivity contribution in [3.63, 3.8) is 0 Å². The first-order chi connectivity index (χ1) is 37.0. The second-order valence-electron chi connectivity index (χ2n) is 19.9. The lowest BCUT2D eigenvalue weighted by Crippen LogP contribution is -2.30. The molecule has 0 fully saturated rings. The maximum absolute atomic E-state index is 12.9. The Morgan fingerprint density at radius 2 is 0.520 bits per heavy atom. The van der Waals surface area contributed by atoms with Gasteiger partial charge in [-0.25, -0.2) is 0 Å². The number of allylic oxidation sites excluding steroid dienone is 22. The number of unbranched alkanes of at least 4 members (excludes halogenated alkanes) is 21. The zero-order valence-corrected chi connectivity index (χ0v) is 48.5. The maximum atomic E-state index is 12.9. The Balaban J connectivity index is 4.45. The standard InChI is InChI=1S/C69H112O6/c1-4-7-10-13-16-19-22-25-28-29-30-31-32-33-34-35-36-37-38-39-42-44-47-50-53-56-59-62-68(71)74-65-66(75-69(72)63-60-57-54-51-48-45-41-27-24-21-18-15-12-9-6-3)64-73-67(70)61-58-55-52-49-46-43-40-26-23-20-17-14-11-8-5-2/h7,9-10,12,16,18-19,21,25,27-28,30-31,33-34,36-37,39,41-42,47,50,66H,4-6,8,11,13-15,17,20,22-24,26,29,32,35,38,40,43-46,48-49,51-65H2,1-3H3/b10-7-,12-9-,19-16-,21-18-,28-25-,31-30-,34-33-,37-36-,41-27-,42-39-,50-47-. The van der Waals surface area contributed by atoms with Crippen molar-refractivity contribution in [2.45, 2.75) is 271 Å². The summed E-state index contributed by atoms with van der Waals surface area (Å²) in [7, 11) is 0. The summed E-state index contributed by atoms with van der Waals surface area (Å²) in [5.41, 5.74) is 0. The Hall–Kier alpha value is -4.45. The Bertz CT molecular complexity index is 1620. The van der Waals surface area contributed by atoms with E-state index >= 15 is 0 Å². The van der Waals surface area contributed by atoms with Crippen LogP contribution in [0.2, 0.25) is 0 Å². The van der Waals surface area contributed by atoms with Gasteiger partial charge in [0.05, 0.1) is 0 Å². The average molecular weight is 1040 g/mol. The minimum absolute atomic E-state index is 0.101. The van der Waals surface area contributed by atoms with Gasteiger partial charge in [-0.15, -0.1) is 0 Å². The normalized spacial score (nSPS) is 13.1. The van der Waals surface area contributed by atoms with Gasteiger partial charge in [-0.05, 0) is 116 Å². The highest BCUT2D eigenvalue weighted by Gasteiger charge is 2.19. The highest BCUT2D eigenvalue weighted by molar-refractivity contribution is 5.71. The lowest BCUT2D eigenvalue weighted by molar-refractivity contribution is -0.167. The molecule has 424 valence electrons. The molecule has 1 unspecified atom stereocenters. The van der Waals surface area contributed by atoms with E-state index in [2.05, 4.69) is 154 Å². The van der Waals surface area contributed by atoms with Gasteiger partial charge in [-0.1, -0.05) is 264 Å². The molecule has 0 saturated heterocycles. The molecule has 0 aromatic carbocycles. The molecule has 1 atom stereocenters. The predicted octanol–water partition coefficient (Wildman–Crippen LogP) is 21.0. The lowest BCUT2D eigenvalue weighted by Gasteiger charge is -2.18. The summed E-state index contributed by atoms with van der Waals surface area (Å²) in [5.74, 6) is -0.963.